The second kappa shape index (κ2) is 6.58. The highest BCUT2D eigenvalue weighted by molar-refractivity contribution is 7.14. The van der Waals surface area contributed by atoms with Crippen molar-refractivity contribution in [2.45, 2.75) is 0 Å². The number of benzene rings is 2. The molecule has 3 rings (SSSR count). The number of ether oxygens (including phenoxy) is 1. The molecule has 0 radical (unpaired) electrons. The van der Waals surface area contributed by atoms with Gasteiger partial charge in [0.25, 0.3) is 5.91 Å². The fourth-order valence-corrected chi connectivity index (χ4v) is 2.82. The van der Waals surface area contributed by atoms with Crippen LogP contribution < -0.4 is 10.1 Å². The van der Waals surface area contributed by atoms with Gasteiger partial charge < -0.3 is 4.74 Å². The van der Waals surface area contributed by atoms with Crippen LogP contribution in [0.15, 0.2) is 53.9 Å². The molecule has 6 heteroatoms. The average Bonchev–Trinajstić information content (AvgIpc) is 3.03. The van der Waals surface area contributed by atoms with E-state index in [-0.39, 0.29) is 5.56 Å². The third-order valence-electron chi connectivity index (χ3n) is 3.19. The Morgan fingerprint density at radius 3 is 2.83 bits per heavy atom. The molecule has 116 valence electrons. The molecule has 0 saturated carbocycles. The smallest absolute Gasteiger partial charge is 0.257 e. The zero-order valence-corrected chi connectivity index (χ0v) is 13.1. The highest BCUT2D eigenvalue weighted by atomic mass is 32.1. The Bertz CT molecular complexity index is 848. The molecule has 0 aliphatic carbocycles. The summed E-state index contributed by atoms with van der Waals surface area (Å²) >= 11 is 1.30. The number of methoxy groups -OCH3 is 1. The van der Waals surface area contributed by atoms with E-state index >= 15 is 0 Å². The average molecular weight is 328 g/mol. The van der Waals surface area contributed by atoms with Crippen molar-refractivity contribution >= 4 is 22.4 Å². The monoisotopic (exact) mass is 328 g/mol. The summed E-state index contributed by atoms with van der Waals surface area (Å²) in [6, 6.07) is 13.0. The van der Waals surface area contributed by atoms with Crippen molar-refractivity contribution in [2.24, 2.45) is 0 Å². The maximum atomic E-state index is 13.2. The number of para-hydroxylation sites is 1. The number of aromatic nitrogens is 1. The summed E-state index contributed by atoms with van der Waals surface area (Å²) in [6.45, 7) is 0. The summed E-state index contributed by atoms with van der Waals surface area (Å²) in [5.41, 5.74) is 1.80. The minimum absolute atomic E-state index is 0.249. The molecule has 0 saturated heterocycles. The number of hydrogen-bond donors (Lipinski definition) is 1. The first-order valence-corrected chi connectivity index (χ1v) is 7.71. The van der Waals surface area contributed by atoms with E-state index in [1.807, 2.05) is 29.6 Å². The Morgan fingerprint density at radius 1 is 1.22 bits per heavy atom. The van der Waals surface area contributed by atoms with Crippen molar-refractivity contribution < 1.29 is 13.9 Å². The van der Waals surface area contributed by atoms with Crippen LogP contribution in [0.25, 0.3) is 11.3 Å². The predicted molar refractivity (Wildman–Crippen MR) is 88.5 cm³/mol. The molecule has 0 aliphatic rings. The maximum Gasteiger partial charge on any atom is 0.257 e. The van der Waals surface area contributed by atoms with Gasteiger partial charge in [0.2, 0.25) is 0 Å². The van der Waals surface area contributed by atoms with Gasteiger partial charge in [-0.25, -0.2) is 9.37 Å². The normalized spacial score (nSPS) is 10.3. The lowest BCUT2D eigenvalue weighted by Gasteiger charge is -2.05. The molecule has 0 atom stereocenters. The number of thiazole rings is 1. The zero-order valence-electron chi connectivity index (χ0n) is 12.2. The standard InChI is InChI=1S/C17H13FN2O2S/c1-22-15-8-3-2-7-13(15)14-10-23-17(19-14)20-16(21)11-5-4-6-12(18)9-11/h2-10H,1H3,(H,19,20,21). The Hall–Kier alpha value is -2.73. The van der Waals surface area contributed by atoms with Crippen molar-refractivity contribution in [1.29, 1.82) is 0 Å². The number of hydrogen-bond acceptors (Lipinski definition) is 4. The van der Waals surface area contributed by atoms with Crippen molar-refractivity contribution in [3.05, 3.63) is 65.3 Å². The van der Waals surface area contributed by atoms with Gasteiger partial charge in [-0.2, -0.15) is 0 Å². The molecule has 0 aliphatic heterocycles. The van der Waals surface area contributed by atoms with Gasteiger partial charge in [-0.05, 0) is 30.3 Å². The quantitative estimate of drug-likeness (QED) is 0.780. The number of amides is 1. The number of anilines is 1. The second-order valence-corrected chi connectivity index (χ2v) is 5.56. The van der Waals surface area contributed by atoms with Crippen LogP contribution in [-0.2, 0) is 0 Å². The molecule has 1 heterocycles. The second-order valence-electron chi connectivity index (χ2n) is 4.70. The van der Waals surface area contributed by atoms with E-state index in [4.69, 9.17) is 4.74 Å². The predicted octanol–water partition coefficient (Wildman–Crippen LogP) is 4.21. The van der Waals surface area contributed by atoms with E-state index < -0.39 is 11.7 Å². The van der Waals surface area contributed by atoms with E-state index in [2.05, 4.69) is 10.3 Å². The molecule has 2 aromatic carbocycles. The molecule has 1 amide bonds. The summed E-state index contributed by atoms with van der Waals surface area (Å²) in [5, 5.41) is 4.95. The Balaban J connectivity index is 1.81. The van der Waals surface area contributed by atoms with Crippen molar-refractivity contribution in [1.82, 2.24) is 4.98 Å². The molecule has 23 heavy (non-hydrogen) atoms. The van der Waals surface area contributed by atoms with E-state index in [1.54, 1.807) is 13.2 Å². The fourth-order valence-electron chi connectivity index (χ4n) is 2.11. The van der Waals surface area contributed by atoms with E-state index in [9.17, 15) is 9.18 Å². The lowest BCUT2D eigenvalue weighted by atomic mass is 10.1. The number of rotatable bonds is 4. The van der Waals surface area contributed by atoms with E-state index in [1.165, 1.54) is 29.5 Å². The van der Waals surface area contributed by atoms with Crippen LogP contribution in [0.2, 0.25) is 0 Å². The minimum Gasteiger partial charge on any atom is -0.496 e. The highest BCUT2D eigenvalue weighted by Crippen LogP contribution is 2.31. The van der Waals surface area contributed by atoms with Crippen LogP contribution in [0, 0.1) is 5.82 Å². The molecule has 1 N–H and O–H groups in total. The Labute approximate surface area is 136 Å². The number of halogens is 1. The first-order valence-electron chi connectivity index (χ1n) is 6.83. The first kappa shape index (κ1) is 15.2. The van der Waals surface area contributed by atoms with Crippen LogP contribution >= 0.6 is 11.3 Å². The molecular weight excluding hydrogens is 315 g/mol. The third-order valence-corrected chi connectivity index (χ3v) is 3.95. The number of nitrogens with zero attached hydrogens (tertiary/aromatic N) is 1. The summed E-state index contributed by atoms with van der Waals surface area (Å²) in [7, 11) is 1.60. The van der Waals surface area contributed by atoms with Gasteiger partial charge in [0.1, 0.15) is 11.6 Å². The van der Waals surface area contributed by atoms with Gasteiger partial charge in [-0.3, -0.25) is 10.1 Å². The van der Waals surface area contributed by atoms with Crippen molar-refractivity contribution in [3.63, 3.8) is 0 Å². The Kier molecular flexibility index (Phi) is 4.34. The van der Waals surface area contributed by atoms with Gasteiger partial charge in [0.15, 0.2) is 5.13 Å². The largest absolute Gasteiger partial charge is 0.496 e. The van der Waals surface area contributed by atoms with Gasteiger partial charge in [0.05, 0.1) is 12.8 Å². The van der Waals surface area contributed by atoms with E-state index in [0.717, 1.165) is 5.56 Å². The highest BCUT2D eigenvalue weighted by Gasteiger charge is 2.12. The lowest BCUT2D eigenvalue weighted by Crippen LogP contribution is -2.11. The lowest BCUT2D eigenvalue weighted by molar-refractivity contribution is 0.102. The molecule has 0 fully saturated rings. The van der Waals surface area contributed by atoms with Crippen LogP contribution in [0.4, 0.5) is 9.52 Å². The summed E-state index contributed by atoms with van der Waals surface area (Å²) in [4.78, 5) is 16.5. The summed E-state index contributed by atoms with van der Waals surface area (Å²) < 4.78 is 18.5. The molecule has 0 spiro atoms. The summed E-state index contributed by atoms with van der Waals surface area (Å²) in [5.74, 6) is -0.141. The minimum atomic E-state index is -0.452. The van der Waals surface area contributed by atoms with Crippen LogP contribution in [0.5, 0.6) is 5.75 Å². The molecular formula is C17H13FN2O2S. The number of carbonyl (C=O) groups excluding carboxylic acids is 1. The molecule has 0 bridgehead atoms. The van der Waals surface area contributed by atoms with Crippen LogP contribution in [0.3, 0.4) is 0 Å². The fraction of sp³-hybridized carbons (Fsp3) is 0.0588. The molecule has 0 unspecified atom stereocenters. The number of carbonyl (C=O) groups is 1. The molecule has 1 aromatic heterocycles. The SMILES string of the molecule is COc1ccccc1-c1csc(NC(=O)c2cccc(F)c2)n1. The molecule has 4 nitrogen and oxygen atoms in total. The van der Waals surface area contributed by atoms with Gasteiger partial charge in [-0.15, -0.1) is 11.3 Å². The topological polar surface area (TPSA) is 51.2 Å². The third kappa shape index (κ3) is 3.37. The van der Waals surface area contributed by atoms with Crippen LogP contribution in [0.1, 0.15) is 10.4 Å². The van der Waals surface area contributed by atoms with Crippen LogP contribution in [-0.4, -0.2) is 18.0 Å². The summed E-state index contributed by atoms with van der Waals surface area (Å²) in [6.07, 6.45) is 0. The molecule has 3 aromatic rings. The van der Waals surface area contributed by atoms with Crippen molar-refractivity contribution in [3.8, 4) is 17.0 Å². The van der Waals surface area contributed by atoms with Gasteiger partial charge >= 0.3 is 0 Å². The van der Waals surface area contributed by atoms with E-state index in [0.29, 0.717) is 16.6 Å². The number of nitrogens with one attached hydrogen (secondary N) is 1. The first-order chi connectivity index (χ1) is 11.2. The Morgan fingerprint density at radius 2 is 2.04 bits per heavy atom. The van der Waals surface area contributed by atoms with Gasteiger partial charge in [-0.1, -0.05) is 18.2 Å². The zero-order chi connectivity index (χ0) is 16.2. The van der Waals surface area contributed by atoms with Crippen molar-refractivity contribution in [2.75, 3.05) is 12.4 Å². The van der Waals surface area contributed by atoms with Gasteiger partial charge in [0, 0.05) is 16.5 Å². The maximum absolute atomic E-state index is 13.2.